The summed E-state index contributed by atoms with van der Waals surface area (Å²) in [7, 11) is 1.24. The summed E-state index contributed by atoms with van der Waals surface area (Å²) in [6, 6.07) is 2.50. The molecule has 0 radical (unpaired) electrons. The van der Waals surface area contributed by atoms with Crippen LogP contribution in [0, 0.1) is 17.0 Å². The van der Waals surface area contributed by atoms with Crippen LogP contribution in [-0.2, 0) is 0 Å². The van der Waals surface area contributed by atoms with Crippen LogP contribution in [0.15, 0.2) is 12.1 Å². The maximum absolute atomic E-state index is 14.1. The number of amides is 1. The zero-order valence-corrected chi connectivity index (χ0v) is 13.6. The predicted molar refractivity (Wildman–Crippen MR) is 82.5 cm³/mol. The van der Waals surface area contributed by atoms with Crippen molar-refractivity contribution in [1.29, 1.82) is 0 Å². The van der Waals surface area contributed by atoms with Crippen molar-refractivity contribution in [3.05, 3.63) is 29.3 Å². The fourth-order valence-electron chi connectivity index (χ4n) is 3.35. The minimum Gasteiger partial charge on any atom is -0.494 e. The number of carbonyl (C=O) groups is 1. The average Bonchev–Trinajstić information content (AvgIpc) is 2.57. The Bertz CT molecular complexity index is 575. The number of rotatable bonds is 5. The molecule has 0 saturated carbocycles. The molecule has 0 aliphatic carbocycles. The van der Waals surface area contributed by atoms with Gasteiger partial charge in [-0.15, -0.1) is 0 Å². The summed E-state index contributed by atoms with van der Waals surface area (Å²) in [5, 5.41) is 9.72. The highest BCUT2D eigenvalue weighted by molar-refractivity contribution is 5.94. The molecule has 1 atom stereocenters. The smallest absolute Gasteiger partial charge is 0.256 e. The van der Waals surface area contributed by atoms with Crippen molar-refractivity contribution >= 4 is 5.91 Å². The number of aliphatic hydroxyl groups is 1. The molecular weight excluding hydrogens is 304 g/mol. The number of hydrogen-bond donors (Lipinski definition) is 1. The molecule has 6 heteroatoms. The molecule has 1 amide bonds. The summed E-state index contributed by atoms with van der Waals surface area (Å²) in [5.74, 6) is -3.12. The van der Waals surface area contributed by atoms with Gasteiger partial charge in [0.1, 0.15) is 0 Å². The van der Waals surface area contributed by atoms with Crippen molar-refractivity contribution in [3.63, 3.8) is 0 Å². The minimum absolute atomic E-state index is 0.00985. The first-order chi connectivity index (χ1) is 11.0. The molecule has 1 aromatic rings. The number of nitrogens with zero attached hydrogens (tertiary/aromatic N) is 1. The molecule has 1 N–H and O–H groups in total. The molecule has 4 nitrogen and oxygen atoms in total. The molecule has 0 spiro atoms. The predicted octanol–water partition coefficient (Wildman–Crippen LogP) is 2.99. The van der Waals surface area contributed by atoms with Crippen molar-refractivity contribution in [3.8, 4) is 5.75 Å². The van der Waals surface area contributed by atoms with Gasteiger partial charge in [0, 0.05) is 18.5 Å². The summed E-state index contributed by atoms with van der Waals surface area (Å²) in [5.41, 5.74) is -0.641. The largest absolute Gasteiger partial charge is 0.494 e. The van der Waals surface area contributed by atoms with Crippen molar-refractivity contribution < 1.29 is 23.4 Å². The van der Waals surface area contributed by atoms with E-state index in [9.17, 15) is 18.7 Å². The van der Waals surface area contributed by atoms with Crippen LogP contribution in [0.2, 0.25) is 0 Å². The highest BCUT2D eigenvalue weighted by atomic mass is 19.2. The van der Waals surface area contributed by atoms with Gasteiger partial charge >= 0.3 is 0 Å². The number of halogens is 2. The van der Waals surface area contributed by atoms with E-state index in [0.717, 1.165) is 25.7 Å². The van der Waals surface area contributed by atoms with Crippen molar-refractivity contribution in [2.45, 2.75) is 32.6 Å². The lowest BCUT2D eigenvalue weighted by molar-refractivity contribution is 0.0219. The van der Waals surface area contributed by atoms with Gasteiger partial charge < -0.3 is 14.7 Å². The van der Waals surface area contributed by atoms with Crippen LogP contribution in [0.25, 0.3) is 0 Å². The van der Waals surface area contributed by atoms with Crippen molar-refractivity contribution in [2.24, 2.45) is 5.41 Å². The number of methoxy groups -OCH3 is 1. The lowest BCUT2D eigenvalue weighted by Crippen LogP contribution is -2.48. The van der Waals surface area contributed by atoms with E-state index in [1.807, 2.05) is 6.92 Å². The number of likely N-dealkylation sites (tertiary alicyclic amines) is 1. The standard InChI is InChI=1S/C17H23F2NO3/c1-3-7-17(11-21)8-4-9-20(10-17)16(22)12-5-6-13(23-2)15(19)14(12)18/h5-6,21H,3-4,7-11H2,1-2H3/t17-/m0/s1. The third kappa shape index (κ3) is 3.47. The molecule has 23 heavy (non-hydrogen) atoms. The first kappa shape index (κ1) is 17.7. The van der Waals surface area contributed by atoms with Gasteiger partial charge in [-0.05, 0) is 31.4 Å². The highest BCUT2D eigenvalue weighted by Crippen LogP contribution is 2.35. The van der Waals surface area contributed by atoms with E-state index in [1.54, 1.807) is 0 Å². The number of ether oxygens (including phenoxy) is 1. The van der Waals surface area contributed by atoms with Crippen LogP contribution in [0.5, 0.6) is 5.75 Å². The van der Waals surface area contributed by atoms with Crippen LogP contribution in [0.3, 0.4) is 0 Å². The zero-order chi connectivity index (χ0) is 17.0. The number of hydrogen-bond acceptors (Lipinski definition) is 3. The SMILES string of the molecule is CCC[C@]1(CO)CCCN(C(=O)c2ccc(OC)c(F)c2F)C1. The molecule has 0 bridgehead atoms. The molecule has 0 unspecified atom stereocenters. The Balaban J connectivity index is 2.25. The van der Waals surface area contributed by atoms with Crippen LogP contribution < -0.4 is 4.74 Å². The lowest BCUT2D eigenvalue weighted by Gasteiger charge is -2.42. The van der Waals surface area contributed by atoms with Crippen LogP contribution >= 0.6 is 0 Å². The van der Waals surface area contributed by atoms with Crippen molar-refractivity contribution in [2.75, 3.05) is 26.8 Å². The number of carbonyl (C=O) groups excluding carboxylic acids is 1. The summed E-state index contributed by atoms with van der Waals surface area (Å²) >= 11 is 0. The third-order valence-electron chi connectivity index (χ3n) is 4.56. The van der Waals surface area contributed by atoms with Gasteiger partial charge in [-0.1, -0.05) is 13.3 Å². The molecule has 128 valence electrons. The van der Waals surface area contributed by atoms with Gasteiger partial charge in [0.25, 0.3) is 5.91 Å². The second-order valence-electron chi connectivity index (χ2n) is 6.18. The second-order valence-corrected chi connectivity index (χ2v) is 6.18. The van der Waals surface area contributed by atoms with Gasteiger partial charge in [-0.25, -0.2) is 4.39 Å². The topological polar surface area (TPSA) is 49.8 Å². The maximum Gasteiger partial charge on any atom is 0.256 e. The van der Waals surface area contributed by atoms with E-state index in [-0.39, 0.29) is 23.3 Å². The van der Waals surface area contributed by atoms with Crippen LogP contribution in [-0.4, -0.2) is 42.7 Å². The Hall–Kier alpha value is -1.69. The molecule has 1 aromatic carbocycles. The Morgan fingerprint density at radius 3 is 2.74 bits per heavy atom. The van der Waals surface area contributed by atoms with Crippen molar-refractivity contribution in [1.82, 2.24) is 4.90 Å². The average molecular weight is 327 g/mol. The second kappa shape index (κ2) is 7.25. The van der Waals surface area contributed by atoms with Crippen LogP contribution in [0.1, 0.15) is 43.0 Å². The molecular formula is C17H23F2NO3. The van der Waals surface area contributed by atoms with Gasteiger partial charge in [0.2, 0.25) is 5.82 Å². The Morgan fingerprint density at radius 2 is 2.13 bits per heavy atom. The Morgan fingerprint density at radius 1 is 1.39 bits per heavy atom. The normalized spacial score (nSPS) is 21.3. The number of benzene rings is 1. The highest BCUT2D eigenvalue weighted by Gasteiger charge is 2.37. The third-order valence-corrected chi connectivity index (χ3v) is 4.56. The molecule has 1 heterocycles. The fraction of sp³-hybridized carbons (Fsp3) is 0.588. The first-order valence-electron chi connectivity index (χ1n) is 7.90. The minimum atomic E-state index is -1.19. The molecule has 1 aliphatic rings. The quantitative estimate of drug-likeness (QED) is 0.904. The summed E-state index contributed by atoms with van der Waals surface area (Å²) in [6.07, 6.45) is 3.27. The molecule has 0 aromatic heterocycles. The van der Waals surface area contributed by atoms with Crippen LogP contribution in [0.4, 0.5) is 8.78 Å². The summed E-state index contributed by atoms with van der Waals surface area (Å²) < 4.78 is 32.7. The van der Waals surface area contributed by atoms with E-state index < -0.39 is 17.5 Å². The Kier molecular flexibility index (Phi) is 5.57. The summed E-state index contributed by atoms with van der Waals surface area (Å²) in [4.78, 5) is 14.1. The Labute approximate surface area is 135 Å². The molecule has 1 saturated heterocycles. The van der Waals surface area contributed by atoms with Gasteiger partial charge in [0.15, 0.2) is 11.6 Å². The number of aliphatic hydroxyl groups excluding tert-OH is 1. The van der Waals surface area contributed by atoms with E-state index in [2.05, 4.69) is 0 Å². The summed E-state index contributed by atoms with van der Waals surface area (Å²) in [6.45, 7) is 2.86. The van der Waals surface area contributed by atoms with E-state index in [4.69, 9.17) is 4.74 Å². The zero-order valence-electron chi connectivity index (χ0n) is 13.6. The lowest BCUT2D eigenvalue weighted by atomic mass is 9.77. The van der Waals surface area contributed by atoms with Gasteiger partial charge in [0.05, 0.1) is 19.3 Å². The monoisotopic (exact) mass is 327 g/mol. The van der Waals surface area contributed by atoms with E-state index >= 15 is 0 Å². The number of piperidine rings is 1. The molecule has 1 fully saturated rings. The van der Waals surface area contributed by atoms with E-state index in [0.29, 0.717) is 13.1 Å². The first-order valence-corrected chi connectivity index (χ1v) is 7.90. The molecule has 2 rings (SSSR count). The van der Waals surface area contributed by atoms with Gasteiger partial charge in [-0.2, -0.15) is 4.39 Å². The van der Waals surface area contributed by atoms with Gasteiger partial charge in [-0.3, -0.25) is 4.79 Å². The fourth-order valence-corrected chi connectivity index (χ4v) is 3.35. The van der Waals surface area contributed by atoms with E-state index in [1.165, 1.54) is 24.1 Å². The maximum atomic E-state index is 14.1. The molecule has 1 aliphatic heterocycles.